The maximum atomic E-state index is 5.74. The van der Waals surface area contributed by atoms with E-state index in [1.54, 1.807) is 6.07 Å². The molecular weight excluding hydrogens is 226 g/mol. The Morgan fingerprint density at radius 3 is 2.50 bits per heavy atom. The number of hydrogen-bond acceptors (Lipinski definition) is 5. The molecule has 0 fully saturated rings. The number of nitrogens with two attached hydrogens (primary N) is 1. The highest BCUT2D eigenvalue weighted by molar-refractivity contribution is 5.45. The van der Waals surface area contributed by atoms with Crippen molar-refractivity contribution in [3.8, 4) is 0 Å². The molecule has 0 spiro atoms. The summed E-state index contributed by atoms with van der Waals surface area (Å²) in [5, 5.41) is 3.45. The molecule has 1 aromatic rings. The van der Waals surface area contributed by atoms with Gasteiger partial charge in [0, 0.05) is 18.7 Å². The minimum Gasteiger partial charge on any atom is -0.384 e. The van der Waals surface area contributed by atoms with Gasteiger partial charge >= 0.3 is 0 Å². The van der Waals surface area contributed by atoms with E-state index >= 15 is 0 Å². The summed E-state index contributed by atoms with van der Waals surface area (Å²) in [4.78, 5) is 10.6. The third-order valence-corrected chi connectivity index (χ3v) is 2.55. The van der Waals surface area contributed by atoms with Gasteiger partial charge < -0.3 is 16.0 Å². The van der Waals surface area contributed by atoms with E-state index in [2.05, 4.69) is 48.1 Å². The Morgan fingerprint density at radius 2 is 2.00 bits per heavy atom. The summed E-state index contributed by atoms with van der Waals surface area (Å²) in [5.41, 5.74) is 5.74. The summed E-state index contributed by atoms with van der Waals surface area (Å²) in [7, 11) is 4.16. The molecule has 1 rings (SSSR count). The average Bonchev–Trinajstić information content (AvgIpc) is 2.12. The molecule has 0 radical (unpaired) electrons. The minimum absolute atomic E-state index is 0.369. The van der Waals surface area contributed by atoms with Crippen LogP contribution in [0.5, 0.6) is 0 Å². The van der Waals surface area contributed by atoms with Crippen LogP contribution in [0.2, 0.25) is 0 Å². The lowest BCUT2D eigenvalue weighted by Gasteiger charge is -2.24. The molecule has 0 aliphatic carbocycles. The van der Waals surface area contributed by atoms with Gasteiger partial charge in [0.1, 0.15) is 17.5 Å². The summed E-state index contributed by atoms with van der Waals surface area (Å²) >= 11 is 0. The Bertz CT molecular complexity index is 345. The SMILES string of the molecule is Cc1nc(N)cc(NC(CC(C)C)CN(C)C)n1. The van der Waals surface area contributed by atoms with E-state index in [4.69, 9.17) is 5.73 Å². The summed E-state index contributed by atoms with van der Waals surface area (Å²) < 4.78 is 0. The van der Waals surface area contributed by atoms with Crippen LogP contribution in [0, 0.1) is 12.8 Å². The van der Waals surface area contributed by atoms with E-state index in [-0.39, 0.29) is 0 Å². The largest absolute Gasteiger partial charge is 0.384 e. The number of aromatic nitrogens is 2. The van der Waals surface area contributed by atoms with Gasteiger partial charge in [0.2, 0.25) is 0 Å². The van der Waals surface area contributed by atoms with Crippen LogP contribution in [0.3, 0.4) is 0 Å². The lowest BCUT2D eigenvalue weighted by molar-refractivity contribution is 0.356. The third kappa shape index (κ3) is 5.31. The molecule has 1 heterocycles. The molecule has 0 saturated carbocycles. The molecule has 0 amide bonds. The quantitative estimate of drug-likeness (QED) is 0.806. The number of rotatable bonds is 6. The highest BCUT2D eigenvalue weighted by Gasteiger charge is 2.13. The molecule has 0 aliphatic rings. The van der Waals surface area contributed by atoms with Gasteiger partial charge in [-0.1, -0.05) is 13.8 Å². The minimum atomic E-state index is 0.369. The molecule has 0 aliphatic heterocycles. The maximum Gasteiger partial charge on any atom is 0.132 e. The van der Waals surface area contributed by atoms with Crippen molar-refractivity contribution in [2.45, 2.75) is 33.2 Å². The average molecular weight is 251 g/mol. The van der Waals surface area contributed by atoms with E-state index < -0.39 is 0 Å². The van der Waals surface area contributed by atoms with Crippen LogP contribution in [0.1, 0.15) is 26.1 Å². The number of nitrogens with one attached hydrogen (secondary N) is 1. The van der Waals surface area contributed by atoms with Gasteiger partial charge in [-0.05, 0) is 33.4 Å². The van der Waals surface area contributed by atoms with Gasteiger partial charge in [0.15, 0.2) is 0 Å². The number of nitrogen functional groups attached to an aromatic ring is 1. The van der Waals surface area contributed by atoms with E-state index in [1.165, 1.54) is 0 Å². The molecule has 0 bridgehead atoms. The molecule has 1 unspecified atom stereocenters. The van der Waals surface area contributed by atoms with Crippen molar-refractivity contribution >= 4 is 11.6 Å². The molecule has 1 atom stereocenters. The van der Waals surface area contributed by atoms with Gasteiger partial charge in [0.05, 0.1) is 0 Å². The Kier molecular flexibility index (Phi) is 5.34. The Hall–Kier alpha value is -1.36. The second-order valence-corrected chi connectivity index (χ2v) is 5.46. The maximum absolute atomic E-state index is 5.74. The second kappa shape index (κ2) is 6.54. The van der Waals surface area contributed by atoms with Crippen LogP contribution in [0.15, 0.2) is 6.07 Å². The van der Waals surface area contributed by atoms with Gasteiger partial charge in [-0.25, -0.2) is 9.97 Å². The van der Waals surface area contributed by atoms with Crippen molar-refractivity contribution in [3.05, 3.63) is 11.9 Å². The molecule has 18 heavy (non-hydrogen) atoms. The fourth-order valence-electron chi connectivity index (χ4n) is 2.06. The van der Waals surface area contributed by atoms with Crippen molar-refractivity contribution in [3.63, 3.8) is 0 Å². The number of nitrogens with zero attached hydrogens (tertiary/aromatic N) is 3. The van der Waals surface area contributed by atoms with Crippen LogP contribution < -0.4 is 11.1 Å². The van der Waals surface area contributed by atoms with Crippen LogP contribution in [-0.4, -0.2) is 41.5 Å². The van der Waals surface area contributed by atoms with E-state index in [0.717, 1.165) is 18.8 Å². The molecule has 3 N–H and O–H groups in total. The van der Waals surface area contributed by atoms with Crippen molar-refractivity contribution in [2.24, 2.45) is 5.92 Å². The van der Waals surface area contributed by atoms with Crippen molar-refractivity contribution in [1.82, 2.24) is 14.9 Å². The van der Waals surface area contributed by atoms with Gasteiger partial charge in [-0.15, -0.1) is 0 Å². The summed E-state index contributed by atoms with van der Waals surface area (Å²) in [5.74, 6) is 2.67. The number of anilines is 2. The number of aryl methyl sites for hydroxylation is 1. The first-order valence-corrected chi connectivity index (χ1v) is 6.39. The highest BCUT2D eigenvalue weighted by atomic mass is 15.1. The fraction of sp³-hybridized carbons (Fsp3) is 0.692. The smallest absolute Gasteiger partial charge is 0.132 e. The molecule has 5 heteroatoms. The lowest BCUT2D eigenvalue weighted by Crippen LogP contribution is -2.33. The number of likely N-dealkylation sites (N-methyl/N-ethyl adjacent to an activating group) is 1. The topological polar surface area (TPSA) is 67.1 Å². The molecule has 1 aromatic heterocycles. The van der Waals surface area contributed by atoms with Crippen molar-refractivity contribution < 1.29 is 0 Å². The molecular formula is C13H25N5. The van der Waals surface area contributed by atoms with Crippen LogP contribution >= 0.6 is 0 Å². The Labute approximate surface area is 110 Å². The fourth-order valence-corrected chi connectivity index (χ4v) is 2.06. The lowest BCUT2D eigenvalue weighted by atomic mass is 10.0. The van der Waals surface area contributed by atoms with Crippen molar-refractivity contribution in [2.75, 3.05) is 31.7 Å². The third-order valence-electron chi connectivity index (χ3n) is 2.55. The predicted octanol–water partition coefficient (Wildman–Crippen LogP) is 1.76. The van der Waals surface area contributed by atoms with Gasteiger partial charge in [-0.3, -0.25) is 0 Å². The molecule has 0 saturated heterocycles. The monoisotopic (exact) mass is 251 g/mol. The highest BCUT2D eigenvalue weighted by Crippen LogP contribution is 2.13. The molecule has 0 aromatic carbocycles. The molecule has 5 nitrogen and oxygen atoms in total. The molecule has 102 valence electrons. The zero-order chi connectivity index (χ0) is 13.7. The predicted molar refractivity (Wildman–Crippen MR) is 76.6 cm³/mol. The van der Waals surface area contributed by atoms with Crippen LogP contribution in [0.25, 0.3) is 0 Å². The van der Waals surface area contributed by atoms with E-state index in [0.29, 0.717) is 23.6 Å². The zero-order valence-corrected chi connectivity index (χ0v) is 12.1. The summed E-state index contributed by atoms with van der Waals surface area (Å²) in [6, 6.07) is 2.16. The second-order valence-electron chi connectivity index (χ2n) is 5.46. The van der Waals surface area contributed by atoms with E-state index in [9.17, 15) is 0 Å². The van der Waals surface area contributed by atoms with Crippen LogP contribution in [0.4, 0.5) is 11.6 Å². The Balaban J connectivity index is 2.74. The summed E-state index contributed by atoms with van der Waals surface area (Å²) in [6.07, 6.45) is 1.10. The van der Waals surface area contributed by atoms with Gasteiger partial charge in [-0.2, -0.15) is 0 Å². The van der Waals surface area contributed by atoms with Gasteiger partial charge in [0.25, 0.3) is 0 Å². The summed E-state index contributed by atoms with van der Waals surface area (Å²) in [6.45, 7) is 7.28. The van der Waals surface area contributed by atoms with Crippen molar-refractivity contribution in [1.29, 1.82) is 0 Å². The Morgan fingerprint density at radius 1 is 1.33 bits per heavy atom. The number of hydrogen-bond donors (Lipinski definition) is 2. The first-order chi connectivity index (χ1) is 8.36. The first kappa shape index (κ1) is 14.7. The first-order valence-electron chi connectivity index (χ1n) is 6.39. The normalized spacial score (nSPS) is 13.1. The van der Waals surface area contributed by atoms with Crippen LogP contribution in [-0.2, 0) is 0 Å². The van der Waals surface area contributed by atoms with E-state index in [1.807, 2.05) is 6.92 Å². The zero-order valence-electron chi connectivity index (χ0n) is 12.1. The standard InChI is InChI=1S/C13H25N5/c1-9(2)6-11(8-18(4)5)17-13-7-12(14)15-10(3)16-13/h7,9,11H,6,8H2,1-5H3,(H3,14,15,16,17).